The van der Waals surface area contributed by atoms with Crippen LogP contribution in [-0.2, 0) is 6.54 Å². The molecular weight excluding hydrogens is 344 g/mol. The Bertz CT molecular complexity index is 927. The first-order valence-electron chi connectivity index (χ1n) is 8.22. The van der Waals surface area contributed by atoms with Crippen molar-refractivity contribution in [3.63, 3.8) is 0 Å². The van der Waals surface area contributed by atoms with E-state index in [1.54, 1.807) is 66.9 Å². The number of nitrogens with two attached hydrogens (primary N) is 1. The second kappa shape index (κ2) is 8.48. The van der Waals surface area contributed by atoms with Crippen LogP contribution in [0.25, 0.3) is 0 Å². The average molecular weight is 362 g/mol. The van der Waals surface area contributed by atoms with Gasteiger partial charge in [-0.05, 0) is 42.0 Å². The molecule has 7 nitrogen and oxygen atoms in total. The zero-order valence-corrected chi connectivity index (χ0v) is 14.4. The third-order valence-electron chi connectivity index (χ3n) is 3.71. The molecule has 7 heteroatoms. The highest BCUT2D eigenvalue weighted by molar-refractivity contribution is 6.05. The highest BCUT2D eigenvalue weighted by atomic mass is 16.6. The van der Waals surface area contributed by atoms with Gasteiger partial charge in [0.05, 0.1) is 17.6 Å². The predicted octanol–water partition coefficient (Wildman–Crippen LogP) is 3.20. The van der Waals surface area contributed by atoms with Crippen molar-refractivity contribution in [1.29, 1.82) is 0 Å². The number of nitrogen functional groups attached to an aromatic ring is 1. The number of anilines is 2. The molecule has 0 aliphatic heterocycles. The molecule has 0 saturated heterocycles. The first kappa shape index (κ1) is 17.9. The molecule has 1 aromatic heterocycles. The van der Waals surface area contributed by atoms with E-state index < -0.39 is 6.09 Å². The minimum absolute atomic E-state index is 0.261. The number of benzene rings is 2. The molecular formula is C20H18N4O3. The number of para-hydroxylation sites is 2. The highest BCUT2D eigenvalue weighted by Crippen LogP contribution is 2.18. The molecule has 0 bridgehead atoms. The Morgan fingerprint density at radius 2 is 1.78 bits per heavy atom. The molecule has 0 unspecified atom stereocenters. The fourth-order valence-electron chi connectivity index (χ4n) is 2.30. The largest absolute Gasteiger partial charge is 0.412 e. The Kier molecular flexibility index (Phi) is 5.64. The van der Waals surface area contributed by atoms with Crippen LogP contribution in [0.5, 0.6) is 5.75 Å². The van der Waals surface area contributed by atoms with Gasteiger partial charge in [0.1, 0.15) is 0 Å². The monoisotopic (exact) mass is 362 g/mol. The molecule has 0 atom stereocenters. The molecule has 1 heterocycles. The smallest absolute Gasteiger partial charge is 0.409 e. The van der Waals surface area contributed by atoms with Crippen molar-refractivity contribution in [2.24, 2.45) is 0 Å². The standard InChI is InChI=1S/C20H18N4O3/c21-17-5-1-2-6-18(17)24-19(25)15-9-7-14(8-10-15)12-23-20(26)27-16-4-3-11-22-13-16/h1-11,13H,12,21H2,(H,23,26)(H,24,25). The van der Waals surface area contributed by atoms with Gasteiger partial charge >= 0.3 is 6.09 Å². The molecule has 0 radical (unpaired) electrons. The fraction of sp³-hybridized carbons (Fsp3) is 0.0500. The molecule has 3 aromatic rings. The van der Waals surface area contributed by atoms with E-state index in [1.165, 1.54) is 6.20 Å². The van der Waals surface area contributed by atoms with E-state index in [9.17, 15) is 9.59 Å². The van der Waals surface area contributed by atoms with Gasteiger partial charge in [0.25, 0.3) is 5.91 Å². The molecule has 136 valence electrons. The van der Waals surface area contributed by atoms with Crippen LogP contribution in [-0.4, -0.2) is 17.0 Å². The Hall–Kier alpha value is -3.87. The third-order valence-corrected chi connectivity index (χ3v) is 3.71. The first-order chi connectivity index (χ1) is 13.1. The quantitative estimate of drug-likeness (QED) is 0.604. The highest BCUT2D eigenvalue weighted by Gasteiger charge is 2.08. The van der Waals surface area contributed by atoms with Crippen molar-refractivity contribution in [3.8, 4) is 5.75 Å². The first-order valence-corrected chi connectivity index (χ1v) is 8.22. The summed E-state index contributed by atoms with van der Waals surface area (Å²) in [6, 6.07) is 17.2. The van der Waals surface area contributed by atoms with Gasteiger partial charge in [-0.15, -0.1) is 0 Å². The number of pyridine rings is 1. The summed E-state index contributed by atoms with van der Waals surface area (Å²) < 4.78 is 5.09. The second-order valence-electron chi connectivity index (χ2n) is 5.67. The molecule has 4 N–H and O–H groups in total. The summed E-state index contributed by atoms with van der Waals surface area (Å²) in [5.41, 5.74) is 8.20. The lowest BCUT2D eigenvalue weighted by atomic mass is 10.1. The molecule has 3 rings (SSSR count). The number of nitrogens with zero attached hydrogens (tertiary/aromatic N) is 1. The van der Waals surface area contributed by atoms with Crippen LogP contribution in [0.15, 0.2) is 73.1 Å². The maximum Gasteiger partial charge on any atom is 0.412 e. The van der Waals surface area contributed by atoms with Crippen LogP contribution in [0.1, 0.15) is 15.9 Å². The van der Waals surface area contributed by atoms with Gasteiger partial charge in [0.15, 0.2) is 5.75 Å². The van der Waals surface area contributed by atoms with Crippen LogP contribution in [0.3, 0.4) is 0 Å². The van der Waals surface area contributed by atoms with E-state index in [2.05, 4.69) is 15.6 Å². The fourth-order valence-corrected chi connectivity index (χ4v) is 2.30. The number of hydrogen-bond acceptors (Lipinski definition) is 5. The Labute approximate surface area is 156 Å². The van der Waals surface area contributed by atoms with Gasteiger partial charge in [0.2, 0.25) is 0 Å². The minimum atomic E-state index is -0.579. The number of aromatic nitrogens is 1. The van der Waals surface area contributed by atoms with E-state index in [0.29, 0.717) is 22.7 Å². The number of ether oxygens (including phenoxy) is 1. The van der Waals surface area contributed by atoms with Crippen molar-refractivity contribution in [3.05, 3.63) is 84.2 Å². The molecule has 27 heavy (non-hydrogen) atoms. The van der Waals surface area contributed by atoms with E-state index in [1.807, 2.05) is 0 Å². The molecule has 0 saturated carbocycles. The van der Waals surface area contributed by atoms with Crippen molar-refractivity contribution in [2.75, 3.05) is 11.1 Å². The Morgan fingerprint density at radius 3 is 2.48 bits per heavy atom. The Balaban J connectivity index is 1.53. The van der Waals surface area contributed by atoms with Gasteiger partial charge in [0, 0.05) is 18.3 Å². The second-order valence-corrected chi connectivity index (χ2v) is 5.67. The zero-order chi connectivity index (χ0) is 19.1. The summed E-state index contributed by atoms with van der Waals surface area (Å²) in [5, 5.41) is 5.40. The Morgan fingerprint density at radius 1 is 1.00 bits per heavy atom. The molecule has 0 fully saturated rings. The third kappa shape index (κ3) is 5.05. The van der Waals surface area contributed by atoms with Crippen molar-refractivity contribution in [2.45, 2.75) is 6.54 Å². The summed E-state index contributed by atoms with van der Waals surface area (Å²) in [4.78, 5) is 27.9. The van der Waals surface area contributed by atoms with Crippen LogP contribution in [0.2, 0.25) is 0 Å². The summed E-state index contributed by atoms with van der Waals surface area (Å²) >= 11 is 0. The minimum Gasteiger partial charge on any atom is -0.409 e. The van der Waals surface area contributed by atoms with E-state index in [0.717, 1.165) is 5.56 Å². The van der Waals surface area contributed by atoms with Crippen molar-refractivity contribution < 1.29 is 14.3 Å². The number of carbonyl (C=O) groups is 2. The van der Waals surface area contributed by atoms with Crippen molar-refractivity contribution >= 4 is 23.4 Å². The van der Waals surface area contributed by atoms with Crippen molar-refractivity contribution in [1.82, 2.24) is 10.3 Å². The summed E-state index contributed by atoms with van der Waals surface area (Å²) in [7, 11) is 0. The molecule has 0 spiro atoms. The average Bonchev–Trinajstić information content (AvgIpc) is 2.69. The topological polar surface area (TPSA) is 106 Å². The van der Waals surface area contributed by atoms with E-state index in [4.69, 9.17) is 10.5 Å². The van der Waals surface area contributed by atoms with Crippen LogP contribution in [0.4, 0.5) is 16.2 Å². The SMILES string of the molecule is Nc1ccccc1NC(=O)c1ccc(CNC(=O)Oc2cccnc2)cc1. The number of nitrogens with one attached hydrogen (secondary N) is 2. The number of carbonyl (C=O) groups excluding carboxylic acids is 2. The summed E-state index contributed by atoms with van der Waals surface area (Å²) in [6.07, 6.45) is 2.46. The van der Waals surface area contributed by atoms with Gasteiger partial charge in [-0.1, -0.05) is 24.3 Å². The van der Waals surface area contributed by atoms with Crippen LogP contribution >= 0.6 is 0 Å². The number of amides is 2. The molecule has 2 amide bonds. The number of rotatable bonds is 5. The maximum absolute atomic E-state index is 12.3. The molecule has 0 aliphatic carbocycles. The van der Waals surface area contributed by atoms with E-state index >= 15 is 0 Å². The lowest BCUT2D eigenvalue weighted by molar-refractivity contribution is 0.102. The summed E-state index contributed by atoms with van der Waals surface area (Å²) in [6.45, 7) is 0.270. The van der Waals surface area contributed by atoms with Gasteiger partial charge in [-0.3, -0.25) is 9.78 Å². The lowest BCUT2D eigenvalue weighted by Gasteiger charge is -2.09. The molecule has 2 aromatic carbocycles. The van der Waals surface area contributed by atoms with E-state index in [-0.39, 0.29) is 12.5 Å². The van der Waals surface area contributed by atoms with Gasteiger partial charge in [-0.2, -0.15) is 0 Å². The predicted molar refractivity (Wildman–Crippen MR) is 102 cm³/mol. The molecule has 0 aliphatic rings. The summed E-state index contributed by atoms with van der Waals surface area (Å²) in [5.74, 6) is 0.102. The van der Waals surface area contributed by atoms with Crippen LogP contribution in [0, 0.1) is 0 Å². The maximum atomic E-state index is 12.3. The van der Waals surface area contributed by atoms with Gasteiger partial charge < -0.3 is 21.1 Å². The zero-order valence-electron chi connectivity index (χ0n) is 14.4. The lowest BCUT2D eigenvalue weighted by Crippen LogP contribution is -2.26. The van der Waals surface area contributed by atoms with Gasteiger partial charge in [-0.25, -0.2) is 4.79 Å². The number of hydrogen-bond donors (Lipinski definition) is 3. The van der Waals surface area contributed by atoms with Crippen LogP contribution < -0.4 is 21.1 Å². The normalized spacial score (nSPS) is 10.1.